The molecule has 0 aliphatic rings. The lowest BCUT2D eigenvalue weighted by molar-refractivity contribution is 1.33. The lowest BCUT2D eigenvalue weighted by Gasteiger charge is -2.14. The van der Waals surface area contributed by atoms with Crippen molar-refractivity contribution in [3.8, 4) is 0 Å². The van der Waals surface area contributed by atoms with E-state index < -0.39 is 0 Å². The van der Waals surface area contributed by atoms with Crippen LogP contribution in [-0.2, 0) is 0 Å². The Morgan fingerprint density at radius 1 is 0.889 bits per heavy atom. The number of benzene rings is 2. The molecule has 0 radical (unpaired) electrons. The van der Waals surface area contributed by atoms with E-state index in [1.807, 2.05) is 18.2 Å². The molecule has 0 heterocycles. The monoisotopic (exact) mass is 304 g/mol. The number of nitrogens with one attached hydrogen (secondary N) is 1. The molecule has 0 fully saturated rings. The zero-order chi connectivity index (χ0) is 13.3. The fourth-order valence-corrected chi connectivity index (χ4v) is 2.33. The molecule has 94 valence electrons. The number of hydrogen-bond acceptors (Lipinski definition) is 2. The van der Waals surface area contributed by atoms with Crippen LogP contribution in [0.2, 0.25) is 0 Å². The van der Waals surface area contributed by atoms with Gasteiger partial charge in [0.15, 0.2) is 0 Å². The van der Waals surface area contributed by atoms with Crippen molar-refractivity contribution in [2.45, 2.75) is 20.8 Å². The molecule has 0 aliphatic carbocycles. The maximum Gasteiger partial charge on any atom is 0.0620 e. The van der Waals surface area contributed by atoms with E-state index >= 15 is 0 Å². The van der Waals surface area contributed by atoms with Crippen molar-refractivity contribution >= 4 is 33.0 Å². The number of nitrogen functional groups attached to an aromatic ring is 1. The van der Waals surface area contributed by atoms with E-state index in [0.29, 0.717) is 0 Å². The van der Waals surface area contributed by atoms with Crippen LogP contribution < -0.4 is 11.1 Å². The first-order valence-electron chi connectivity index (χ1n) is 5.87. The van der Waals surface area contributed by atoms with Crippen LogP contribution in [0.3, 0.4) is 0 Å². The summed E-state index contributed by atoms with van der Waals surface area (Å²) in [5.41, 5.74) is 12.5. The predicted octanol–water partition coefficient (Wildman–Crippen LogP) is 4.70. The number of rotatable bonds is 2. The van der Waals surface area contributed by atoms with E-state index in [9.17, 15) is 0 Å². The standard InChI is InChI=1S/C15H17BrN2/c1-9-7-13(17)15(8-10(9)2)18-14-5-4-12(16)6-11(14)3/h4-8,18H,17H2,1-3H3. The van der Waals surface area contributed by atoms with Crippen LogP contribution >= 0.6 is 15.9 Å². The highest BCUT2D eigenvalue weighted by molar-refractivity contribution is 9.10. The zero-order valence-electron chi connectivity index (χ0n) is 10.8. The number of nitrogens with two attached hydrogens (primary N) is 1. The molecule has 3 N–H and O–H groups in total. The van der Waals surface area contributed by atoms with Gasteiger partial charge in [-0.3, -0.25) is 0 Å². The van der Waals surface area contributed by atoms with Gasteiger partial charge in [-0.15, -0.1) is 0 Å². The third-order valence-electron chi connectivity index (χ3n) is 3.12. The quantitative estimate of drug-likeness (QED) is 0.789. The molecule has 18 heavy (non-hydrogen) atoms. The Hall–Kier alpha value is -1.48. The Labute approximate surface area is 116 Å². The minimum atomic E-state index is 0.778. The first kappa shape index (κ1) is 13.0. The second-order valence-electron chi connectivity index (χ2n) is 4.61. The van der Waals surface area contributed by atoms with E-state index in [1.165, 1.54) is 16.7 Å². The molecule has 0 unspecified atom stereocenters. The van der Waals surface area contributed by atoms with Crippen LogP contribution in [0.25, 0.3) is 0 Å². The molecule has 0 bridgehead atoms. The second-order valence-corrected chi connectivity index (χ2v) is 5.52. The predicted molar refractivity (Wildman–Crippen MR) is 82.5 cm³/mol. The van der Waals surface area contributed by atoms with Crippen molar-refractivity contribution in [2.75, 3.05) is 11.1 Å². The Kier molecular flexibility index (Phi) is 3.62. The van der Waals surface area contributed by atoms with Crippen molar-refractivity contribution in [1.29, 1.82) is 0 Å². The molecule has 0 aliphatic heterocycles. The molecule has 2 aromatic carbocycles. The van der Waals surface area contributed by atoms with E-state index in [1.54, 1.807) is 0 Å². The molecule has 0 aromatic heterocycles. The number of aryl methyl sites for hydroxylation is 3. The maximum absolute atomic E-state index is 6.05. The van der Waals surface area contributed by atoms with Gasteiger partial charge in [0.05, 0.1) is 11.4 Å². The summed E-state index contributed by atoms with van der Waals surface area (Å²) in [6, 6.07) is 10.2. The van der Waals surface area contributed by atoms with Crippen LogP contribution in [0.5, 0.6) is 0 Å². The van der Waals surface area contributed by atoms with Gasteiger partial charge in [-0.05, 0) is 67.8 Å². The van der Waals surface area contributed by atoms with Gasteiger partial charge in [0.1, 0.15) is 0 Å². The first-order valence-corrected chi connectivity index (χ1v) is 6.66. The Balaban J connectivity index is 2.37. The third kappa shape index (κ3) is 2.67. The third-order valence-corrected chi connectivity index (χ3v) is 3.62. The van der Waals surface area contributed by atoms with Crippen LogP contribution in [0.15, 0.2) is 34.8 Å². The molecular weight excluding hydrogens is 288 g/mol. The average molecular weight is 305 g/mol. The van der Waals surface area contributed by atoms with Crippen LogP contribution in [0, 0.1) is 20.8 Å². The van der Waals surface area contributed by atoms with Crippen molar-refractivity contribution in [3.05, 3.63) is 51.5 Å². The number of hydrogen-bond donors (Lipinski definition) is 2. The molecule has 0 saturated carbocycles. The lowest BCUT2D eigenvalue weighted by atomic mass is 10.1. The van der Waals surface area contributed by atoms with Crippen molar-refractivity contribution < 1.29 is 0 Å². The summed E-state index contributed by atoms with van der Waals surface area (Å²) in [4.78, 5) is 0. The normalized spacial score (nSPS) is 10.4. The Morgan fingerprint density at radius 2 is 1.56 bits per heavy atom. The number of halogens is 1. The van der Waals surface area contributed by atoms with Gasteiger partial charge in [-0.1, -0.05) is 15.9 Å². The summed E-state index contributed by atoms with van der Waals surface area (Å²) in [6.07, 6.45) is 0. The second kappa shape index (κ2) is 5.02. The fraction of sp³-hybridized carbons (Fsp3) is 0.200. The molecule has 0 amide bonds. The van der Waals surface area contributed by atoms with Gasteiger partial charge < -0.3 is 11.1 Å². The first-order chi connectivity index (χ1) is 8.47. The minimum absolute atomic E-state index is 0.778. The van der Waals surface area contributed by atoms with E-state index in [4.69, 9.17) is 5.73 Å². The van der Waals surface area contributed by atoms with Crippen molar-refractivity contribution in [1.82, 2.24) is 0 Å². The molecule has 2 nitrogen and oxygen atoms in total. The van der Waals surface area contributed by atoms with E-state index in [0.717, 1.165) is 21.5 Å². The smallest absolute Gasteiger partial charge is 0.0620 e. The van der Waals surface area contributed by atoms with Crippen LogP contribution in [0.4, 0.5) is 17.1 Å². The molecule has 0 atom stereocenters. The summed E-state index contributed by atoms with van der Waals surface area (Å²) < 4.78 is 1.08. The summed E-state index contributed by atoms with van der Waals surface area (Å²) in [5.74, 6) is 0. The SMILES string of the molecule is Cc1cc(N)c(Nc2ccc(Br)cc2C)cc1C. The molecule has 0 spiro atoms. The van der Waals surface area contributed by atoms with Gasteiger partial charge in [-0.2, -0.15) is 0 Å². The maximum atomic E-state index is 6.05. The molecule has 0 saturated heterocycles. The Bertz CT molecular complexity index is 591. The van der Waals surface area contributed by atoms with Gasteiger partial charge in [0.2, 0.25) is 0 Å². The van der Waals surface area contributed by atoms with Crippen molar-refractivity contribution in [2.24, 2.45) is 0 Å². The molecule has 2 rings (SSSR count). The molecule has 3 heteroatoms. The van der Waals surface area contributed by atoms with Gasteiger partial charge in [0.25, 0.3) is 0 Å². The average Bonchev–Trinajstić information content (AvgIpc) is 2.29. The highest BCUT2D eigenvalue weighted by Gasteiger charge is 2.05. The number of anilines is 3. The van der Waals surface area contributed by atoms with Gasteiger partial charge in [0, 0.05) is 10.2 Å². The minimum Gasteiger partial charge on any atom is -0.397 e. The molecule has 2 aromatic rings. The largest absolute Gasteiger partial charge is 0.397 e. The van der Waals surface area contributed by atoms with Crippen molar-refractivity contribution in [3.63, 3.8) is 0 Å². The summed E-state index contributed by atoms with van der Waals surface area (Å²) >= 11 is 3.46. The topological polar surface area (TPSA) is 38.0 Å². The molecular formula is C15H17BrN2. The highest BCUT2D eigenvalue weighted by Crippen LogP contribution is 2.29. The lowest BCUT2D eigenvalue weighted by Crippen LogP contribution is -1.99. The zero-order valence-corrected chi connectivity index (χ0v) is 12.4. The van der Waals surface area contributed by atoms with Crippen LogP contribution in [-0.4, -0.2) is 0 Å². The summed E-state index contributed by atoms with van der Waals surface area (Å²) in [6.45, 7) is 6.24. The Morgan fingerprint density at radius 3 is 2.22 bits per heavy atom. The van der Waals surface area contributed by atoms with Gasteiger partial charge >= 0.3 is 0 Å². The van der Waals surface area contributed by atoms with Crippen LogP contribution in [0.1, 0.15) is 16.7 Å². The fourth-order valence-electron chi connectivity index (χ4n) is 1.86. The summed E-state index contributed by atoms with van der Waals surface area (Å²) in [7, 11) is 0. The van der Waals surface area contributed by atoms with E-state index in [-0.39, 0.29) is 0 Å². The van der Waals surface area contributed by atoms with E-state index in [2.05, 4.69) is 54.2 Å². The highest BCUT2D eigenvalue weighted by atomic mass is 79.9. The van der Waals surface area contributed by atoms with Gasteiger partial charge in [-0.25, -0.2) is 0 Å². The summed E-state index contributed by atoms with van der Waals surface area (Å²) in [5, 5.41) is 3.39.